The molecule has 0 heterocycles. The number of ether oxygens (including phenoxy) is 1. The molecule has 6 heteroatoms. The Hall–Kier alpha value is -2.89. The molecule has 5 nitrogen and oxygen atoms in total. The molecule has 28 heavy (non-hydrogen) atoms. The predicted molar refractivity (Wildman–Crippen MR) is 106 cm³/mol. The van der Waals surface area contributed by atoms with Gasteiger partial charge in [0.05, 0.1) is 0 Å². The van der Waals surface area contributed by atoms with Gasteiger partial charge in [0.15, 0.2) is 6.61 Å². The molecule has 0 saturated carbocycles. The topological polar surface area (TPSA) is 58.6 Å². The Bertz CT molecular complexity index is 780. The largest absolute Gasteiger partial charge is 0.484 e. The summed E-state index contributed by atoms with van der Waals surface area (Å²) in [6.07, 6.45) is 0. The molecule has 0 unspecified atom stereocenters. The van der Waals surface area contributed by atoms with E-state index in [2.05, 4.69) is 5.32 Å². The molecular weight excluding hydrogens is 359 g/mol. The highest BCUT2D eigenvalue weighted by Gasteiger charge is 2.27. The minimum atomic E-state index is -0.759. The minimum Gasteiger partial charge on any atom is -0.484 e. The molecule has 0 radical (unpaired) electrons. The summed E-state index contributed by atoms with van der Waals surface area (Å²) in [4.78, 5) is 26.7. The van der Waals surface area contributed by atoms with Crippen LogP contribution in [-0.2, 0) is 16.1 Å². The number of halogens is 1. The lowest BCUT2D eigenvalue weighted by molar-refractivity contribution is -0.142. The van der Waals surface area contributed by atoms with Gasteiger partial charge < -0.3 is 15.0 Å². The van der Waals surface area contributed by atoms with Crippen LogP contribution in [0.1, 0.15) is 26.3 Å². The van der Waals surface area contributed by atoms with Crippen LogP contribution in [0.2, 0.25) is 0 Å². The quantitative estimate of drug-likeness (QED) is 0.719. The lowest BCUT2D eigenvalue weighted by atomic mass is 10.1. The van der Waals surface area contributed by atoms with Gasteiger partial charge in [0.1, 0.15) is 17.6 Å². The number of para-hydroxylation sites is 1. The van der Waals surface area contributed by atoms with Crippen molar-refractivity contribution < 1.29 is 18.7 Å². The van der Waals surface area contributed by atoms with Crippen LogP contribution in [0.25, 0.3) is 0 Å². The summed E-state index contributed by atoms with van der Waals surface area (Å²) in [7, 11) is 0. The molecule has 0 aliphatic carbocycles. The molecule has 0 aliphatic heterocycles. The fourth-order valence-electron chi connectivity index (χ4n) is 2.59. The van der Waals surface area contributed by atoms with Crippen LogP contribution in [0.15, 0.2) is 54.6 Å². The van der Waals surface area contributed by atoms with Crippen LogP contribution in [0.5, 0.6) is 5.75 Å². The molecule has 1 N–H and O–H groups in total. The van der Waals surface area contributed by atoms with E-state index >= 15 is 0 Å². The van der Waals surface area contributed by atoms with E-state index in [4.69, 9.17) is 4.74 Å². The Balaban J connectivity index is 2.13. The Morgan fingerprint density at radius 3 is 2.32 bits per heavy atom. The summed E-state index contributed by atoms with van der Waals surface area (Å²) in [5.74, 6) is -0.247. The number of amides is 2. The van der Waals surface area contributed by atoms with E-state index in [9.17, 15) is 14.0 Å². The van der Waals surface area contributed by atoms with E-state index in [1.807, 2.05) is 19.9 Å². The zero-order valence-electron chi connectivity index (χ0n) is 16.5. The van der Waals surface area contributed by atoms with Gasteiger partial charge in [0.2, 0.25) is 5.91 Å². The fourth-order valence-corrected chi connectivity index (χ4v) is 2.59. The second-order valence-corrected chi connectivity index (χ2v) is 7.03. The summed E-state index contributed by atoms with van der Waals surface area (Å²) in [6.45, 7) is 5.87. The van der Waals surface area contributed by atoms with Crippen molar-refractivity contribution in [3.63, 3.8) is 0 Å². The third-order valence-electron chi connectivity index (χ3n) is 4.26. The highest BCUT2D eigenvalue weighted by atomic mass is 19.1. The molecule has 0 fully saturated rings. The molecular formula is C22H27FN2O3. The van der Waals surface area contributed by atoms with Crippen molar-refractivity contribution in [1.29, 1.82) is 0 Å². The molecule has 2 rings (SSSR count). The molecule has 1 atom stereocenters. The van der Waals surface area contributed by atoms with Crippen LogP contribution >= 0.6 is 0 Å². The first-order valence-corrected chi connectivity index (χ1v) is 9.37. The summed E-state index contributed by atoms with van der Waals surface area (Å²) < 4.78 is 19.6. The van der Waals surface area contributed by atoms with Gasteiger partial charge in [-0.3, -0.25) is 9.59 Å². The van der Waals surface area contributed by atoms with Gasteiger partial charge in [-0.1, -0.05) is 50.2 Å². The van der Waals surface area contributed by atoms with Crippen LogP contribution in [0, 0.1) is 11.7 Å². The molecule has 0 bridgehead atoms. The van der Waals surface area contributed by atoms with Gasteiger partial charge in [0.25, 0.3) is 5.91 Å². The van der Waals surface area contributed by atoms with E-state index in [-0.39, 0.29) is 30.9 Å². The van der Waals surface area contributed by atoms with Crippen molar-refractivity contribution in [2.24, 2.45) is 5.92 Å². The van der Waals surface area contributed by atoms with Crippen LogP contribution in [0.4, 0.5) is 4.39 Å². The van der Waals surface area contributed by atoms with Gasteiger partial charge >= 0.3 is 0 Å². The van der Waals surface area contributed by atoms with E-state index < -0.39 is 11.9 Å². The fraction of sp³-hybridized carbons (Fsp3) is 0.364. The number of nitrogens with zero attached hydrogens (tertiary/aromatic N) is 1. The smallest absolute Gasteiger partial charge is 0.261 e. The Morgan fingerprint density at radius 2 is 1.68 bits per heavy atom. The van der Waals surface area contributed by atoms with Crippen molar-refractivity contribution in [2.45, 2.75) is 33.4 Å². The molecule has 0 saturated heterocycles. The van der Waals surface area contributed by atoms with Crippen LogP contribution < -0.4 is 10.1 Å². The van der Waals surface area contributed by atoms with Crippen molar-refractivity contribution >= 4 is 11.8 Å². The predicted octanol–water partition coefficient (Wildman–Crippen LogP) is 3.39. The highest BCUT2D eigenvalue weighted by Crippen LogP contribution is 2.14. The molecule has 0 aliphatic rings. The van der Waals surface area contributed by atoms with E-state index in [0.717, 1.165) is 0 Å². The summed E-state index contributed by atoms with van der Waals surface area (Å²) >= 11 is 0. The van der Waals surface area contributed by atoms with Gasteiger partial charge in [-0.2, -0.15) is 0 Å². The van der Waals surface area contributed by atoms with E-state index in [1.165, 1.54) is 11.0 Å². The number of nitrogens with one attached hydrogen (secondary N) is 1. The number of hydrogen-bond donors (Lipinski definition) is 1. The van der Waals surface area contributed by atoms with Gasteiger partial charge in [-0.05, 0) is 31.0 Å². The van der Waals surface area contributed by atoms with Crippen molar-refractivity contribution in [2.75, 3.05) is 13.2 Å². The molecule has 150 valence electrons. The average Bonchev–Trinajstić information content (AvgIpc) is 2.69. The van der Waals surface area contributed by atoms with Crippen molar-refractivity contribution in [1.82, 2.24) is 10.2 Å². The second-order valence-electron chi connectivity index (χ2n) is 7.03. The maximum absolute atomic E-state index is 14.1. The zero-order valence-corrected chi connectivity index (χ0v) is 16.5. The molecule has 2 amide bonds. The van der Waals surface area contributed by atoms with Crippen molar-refractivity contribution in [3.05, 3.63) is 66.0 Å². The Kier molecular flexibility index (Phi) is 7.99. The number of carbonyl (C=O) groups is 2. The number of rotatable bonds is 9. The molecule has 0 spiro atoms. The standard InChI is InChI=1S/C22H27FN2O3/c1-16(2)13-24-22(27)17(3)25(14-18-9-7-8-12-20(18)23)21(26)15-28-19-10-5-4-6-11-19/h4-12,16-17H,13-15H2,1-3H3,(H,24,27)/t17-/m1/s1. The highest BCUT2D eigenvalue weighted by molar-refractivity contribution is 5.87. The van der Waals surface area contributed by atoms with Crippen LogP contribution in [-0.4, -0.2) is 35.9 Å². The minimum absolute atomic E-state index is 0.0140. The Morgan fingerprint density at radius 1 is 1.04 bits per heavy atom. The van der Waals surface area contributed by atoms with E-state index in [0.29, 0.717) is 17.9 Å². The number of hydrogen-bond acceptors (Lipinski definition) is 3. The normalized spacial score (nSPS) is 11.8. The maximum Gasteiger partial charge on any atom is 0.261 e. The van der Waals surface area contributed by atoms with Gasteiger partial charge in [-0.25, -0.2) is 4.39 Å². The lowest BCUT2D eigenvalue weighted by Gasteiger charge is -2.29. The van der Waals surface area contributed by atoms with Gasteiger partial charge in [0, 0.05) is 18.7 Å². The lowest BCUT2D eigenvalue weighted by Crippen LogP contribution is -2.49. The second kappa shape index (κ2) is 10.4. The first-order chi connectivity index (χ1) is 13.4. The first-order valence-electron chi connectivity index (χ1n) is 9.37. The average molecular weight is 386 g/mol. The third-order valence-corrected chi connectivity index (χ3v) is 4.26. The van der Waals surface area contributed by atoms with Crippen LogP contribution in [0.3, 0.4) is 0 Å². The molecule has 2 aromatic carbocycles. The van der Waals surface area contributed by atoms with E-state index in [1.54, 1.807) is 49.4 Å². The molecule has 0 aromatic heterocycles. The number of carbonyl (C=O) groups excluding carboxylic acids is 2. The SMILES string of the molecule is CC(C)CNC(=O)[C@@H](C)N(Cc1ccccc1F)C(=O)COc1ccccc1. The number of benzene rings is 2. The molecule has 2 aromatic rings. The Labute approximate surface area is 165 Å². The maximum atomic E-state index is 14.1. The third kappa shape index (κ3) is 6.37. The summed E-state index contributed by atoms with van der Waals surface area (Å²) in [5.41, 5.74) is 0.346. The first kappa shape index (κ1) is 21.4. The van der Waals surface area contributed by atoms with Crippen molar-refractivity contribution in [3.8, 4) is 5.75 Å². The zero-order chi connectivity index (χ0) is 20.5. The monoisotopic (exact) mass is 386 g/mol. The summed E-state index contributed by atoms with van der Waals surface area (Å²) in [5, 5.41) is 2.82. The van der Waals surface area contributed by atoms with Gasteiger partial charge in [-0.15, -0.1) is 0 Å². The summed E-state index contributed by atoms with van der Waals surface area (Å²) in [6, 6.07) is 14.4.